The van der Waals surface area contributed by atoms with Crippen LogP contribution in [0.5, 0.6) is 5.75 Å². The van der Waals surface area contributed by atoms with Gasteiger partial charge in [-0.25, -0.2) is 4.98 Å². The number of hydrogen-bond donors (Lipinski definition) is 1. The highest BCUT2D eigenvalue weighted by Gasteiger charge is 2.28. The Balaban J connectivity index is 1.64. The van der Waals surface area contributed by atoms with Crippen LogP contribution < -0.4 is 15.6 Å². The molecule has 2 aromatic carbocycles. The zero-order valence-corrected chi connectivity index (χ0v) is 19.5. The van der Waals surface area contributed by atoms with Gasteiger partial charge in [-0.15, -0.1) is 0 Å². The minimum absolute atomic E-state index is 0.0325. The molecule has 3 aromatic rings. The average molecular weight is 452 g/mol. The van der Waals surface area contributed by atoms with Gasteiger partial charge in [0, 0.05) is 6.04 Å². The summed E-state index contributed by atoms with van der Waals surface area (Å²) in [6, 6.07) is 14.8. The molecule has 1 aromatic heterocycles. The molecular formula is C25H29N3O3S. The van der Waals surface area contributed by atoms with Crippen LogP contribution in [0.4, 0.5) is 0 Å². The van der Waals surface area contributed by atoms with Gasteiger partial charge in [0.25, 0.3) is 5.56 Å². The zero-order valence-electron chi connectivity index (χ0n) is 18.7. The molecule has 1 N–H and O–H groups in total. The Morgan fingerprint density at radius 1 is 1.16 bits per heavy atom. The summed E-state index contributed by atoms with van der Waals surface area (Å²) in [6.07, 6.45) is 3.37. The van der Waals surface area contributed by atoms with Crippen LogP contribution in [0.15, 0.2) is 58.5 Å². The molecule has 1 aliphatic rings. The Kier molecular flexibility index (Phi) is 6.84. The molecule has 6 nitrogen and oxygen atoms in total. The minimum atomic E-state index is -0.183. The van der Waals surface area contributed by atoms with Gasteiger partial charge in [0.1, 0.15) is 5.75 Å². The highest BCUT2D eigenvalue weighted by molar-refractivity contribution is 7.99. The van der Waals surface area contributed by atoms with Crippen LogP contribution >= 0.6 is 11.8 Å². The van der Waals surface area contributed by atoms with Crippen molar-refractivity contribution in [3.63, 3.8) is 0 Å². The number of carbonyl (C=O) groups excluding carboxylic acids is 1. The lowest BCUT2D eigenvalue weighted by molar-refractivity contribution is -0.120. The quantitative estimate of drug-likeness (QED) is 0.443. The van der Waals surface area contributed by atoms with E-state index < -0.39 is 0 Å². The first-order valence-electron chi connectivity index (χ1n) is 11.1. The standard InChI is InChI=1S/C25H29N3O3S/c1-16-9-8-12-19(17(16)2)26-23(29)15-32-25-27-20-11-5-4-10-18(20)24(30)28(25)21-13-6-7-14-22(21)31-3/h4-7,10-11,13-14,16-17,19H,8-9,12,15H2,1-3H3,(H,26,29)/t16-,17-,19-/m1/s1. The molecule has 1 aliphatic carbocycles. The fourth-order valence-electron chi connectivity index (χ4n) is 4.40. The van der Waals surface area contributed by atoms with E-state index in [-0.39, 0.29) is 23.3 Å². The summed E-state index contributed by atoms with van der Waals surface area (Å²) >= 11 is 1.27. The van der Waals surface area contributed by atoms with Gasteiger partial charge in [0.15, 0.2) is 5.16 Å². The molecule has 1 amide bonds. The summed E-state index contributed by atoms with van der Waals surface area (Å²) in [5, 5.41) is 4.20. The first kappa shape index (κ1) is 22.4. The Morgan fingerprint density at radius 3 is 2.72 bits per heavy atom. The first-order chi connectivity index (χ1) is 15.5. The number of ether oxygens (including phenoxy) is 1. The highest BCUT2D eigenvalue weighted by Crippen LogP contribution is 2.30. The van der Waals surface area contributed by atoms with E-state index in [2.05, 4.69) is 19.2 Å². The number of thioether (sulfide) groups is 1. The molecule has 7 heteroatoms. The number of nitrogens with one attached hydrogen (secondary N) is 1. The van der Waals surface area contributed by atoms with Gasteiger partial charge in [-0.2, -0.15) is 0 Å². The molecule has 32 heavy (non-hydrogen) atoms. The van der Waals surface area contributed by atoms with Crippen molar-refractivity contribution >= 4 is 28.6 Å². The predicted molar refractivity (Wildman–Crippen MR) is 129 cm³/mol. The fraction of sp³-hybridized carbons (Fsp3) is 0.400. The maximum Gasteiger partial charge on any atom is 0.266 e. The largest absolute Gasteiger partial charge is 0.495 e. The molecule has 0 aliphatic heterocycles. The van der Waals surface area contributed by atoms with E-state index in [1.165, 1.54) is 18.2 Å². The molecule has 0 saturated heterocycles. The number of fused-ring (bicyclic) bond motifs is 1. The molecule has 1 fully saturated rings. The molecule has 3 atom stereocenters. The van der Waals surface area contributed by atoms with Crippen LogP contribution in [0.2, 0.25) is 0 Å². The van der Waals surface area contributed by atoms with Gasteiger partial charge in [-0.05, 0) is 42.5 Å². The monoisotopic (exact) mass is 451 g/mol. The van der Waals surface area contributed by atoms with Gasteiger partial charge in [0.2, 0.25) is 5.91 Å². The van der Waals surface area contributed by atoms with Crippen molar-refractivity contribution in [3.05, 3.63) is 58.9 Å². The Labute approximate surface area is 192 Å². The molecule has 1 saturated carbocycles. The molecule has 0 bridgehead atoms. The molecule has 0 radical (unpaired) electrons. The van der Waals surface area contributed by atoms with Crippen LogP contribution in [0, 0.1) is 11.8 Å². The summed E-state index contributed by atoms with van der Waals surface area (Å²) in [6.45, 7) is 4.47. The fourth-order valence-corrected chi connectivity index (χ4v) is 5.22. The summed E-state index contributed by atoms with van der Waals surface area (Å²) in [5.74, 6) is 1.80. The van der Waals surface area contributed by atoms with Crippen molar-refractivity contribution in [1.29, 1.82) is 0 Å². The average Bonchev–Trinajstić information content (AvgIpc) is 2.81. The van der Waals surface area contributed by atoms with Gasteiger partial charge in [-0.3, -0.25) is 14.2 Å². The lowest BCUT2D eigenvalue weighted by atomic mass is 9.78. The van der Waals surface area contributed by atoms with Crippen LogP contribution in [0.1, 0.15) is 33.1 Å². The number of benzene rings is 2. The minimum Gasteiger partial charge on any atom is -0.495 e. The van der Waals surface area contributed by atoms with Gasteiger partial charge >= 0.3 is 0 Å². The van der Waals surface area contributed by atoms with E-state index >= 15 is 0 Å². The first-order valence-corrected chi connectivity index (χ1v) is 12.1. The summed E-state index contributed by atoms with van der Waals surface area (Å²) in [7, 11) is 1.57. The van der Waals surface area contributed by atoms with Crippen LogP contribution in [0.3, 0.4) is 0 Å². The van der Waals surface area contributed by atoms with Crippen molar-refractivity contribution in [2.45, 2.75) is 44.3 Å². The van der Waals surface area contributed by atoms with Crippen molar-refractivity contribution in [2.75, 3.05) is 12.9 Å². The SMILES string of the molecule is COc1ccccc1-n1c(SCC(=O)N[C@@H]2CCC[C@@H](C)[C@H]2C)nc2ccccc2c1=O. The van der Waals surface area contributed by atoms with E-state index in [0.717, 1.165) is 12.8 Å². The van der Waals surface area contributed by atoms with Crippen molar-refractivity contribution in [3.8, 4) is 11.4 Å². The summed E-state index contributed by atoms with van der Waals surface area (Å²) in [5.41, 5.74) is 1.04. The van der Waals surface area contributed by atoms with Crippen LogP contribution in [-0.2, 0) is 4.79 Å². The number of amides is 1. The van der Waals surface area contributed by atoms with E-state index in [1.807, 2.05) is 42.5 Å². The molecular weight excluding hydrogens is 422 g/mol. The third kappa shape index (κ3) is 4.53. The lowest BCUT2D eigenvalue weighted by Crippen LogP contribution is -2.44. The Hall–Kier alpha value is -2.80. The van der Waals surface area contributed by atoms with Crippen molar-refractivity contribution in [2.24, 2.45) is 11.8 Å². The second-order valence-corrected chi connectivity index (χ2v) is 9.40. The van der Waals surface area contributed by atoms with Crippen LogP contribution in [-0.4, -0.2) is 34.4 Å². The number of nitrogens with zero attached hydrogens (tertiary/aromatic N) is 2. The number of rotatable bonds is 6. The van der Waals surface area contributed by atoms with Gasteiger partial charge in [0.05, 0.1) is 29.5 Å². The third-order valence-corrected chi connectivity index (χ3v) is 7.40. The lowest BCUT2D eigenvalue weighted by Gasteiger charge is -2.34. The predicted octanol–water partition coefficient (Wildman–Crippen LogP) is 4.43. The maximum absolute atomic E-state index is 13.4. The number of para-hydroxylation sites is 3. The van der Waals surface area contributed by atoms with Gasteiger partial charge in [-0.1, -0.05) is 62.7 Å². The van der Waals surface area contributed by atoms with Crippen LogP contribution in [0.25, 0.3) is 16.6 Å². The summed E-state index contributed by atoms with van der Waals surface area (Å²) < 4.78 is 7.04. The van der Waals surface area contributed by atoms with E-state index in [4.69, 9.17) is 9.72 Å². The second-order valence-electron chi connectivity index (χ2n) is 8.45. The number of hydrogen-bond acceptors (Lipinski definition) is 5. The highest BCUT2D eigenvalue weighted by atomic mass is 32.2. The van der Waals surface area contributed by atoms with Gasteiger partial charge < -0.3 is 10.1 Å². The smallest absolute Gasteiger partial charge is 0.266 e. The molecule has 0 unspecified atom stereocenters. The normalized spacial score (nSPS) is 20.8. The Morgan fingerprint density at radius 2 is 1.91 bits per heavy atom. The number of carbonyl (C=O) groups is 1. The molecule has 1 heterocycles. The number of methoxy groups -OCH3 is 1. The molecule has 4 rings (SSSR count). The zero-order chi connectivity index (χ0) is 22.7. The van der Waals surface area contributed by atoms with Crippen molar-refractivity contribution < 1.29 is 9.53 Å². The van der Waals surface area contributed by atoms with Crippen molar-refractivity contribution in [1.82, 2.24) is 14.9 Å². The third-order valence-electron chi connectivity index (χ3n) is 6.46. The van der Waals surface area contributed by atoms with E-state index in [0.29, 0.717) is 39.3 Å². The molecule has 168 valence electrons. The Bertz CT molecular complexity index is 1180. The molecule has 0 spiro atoms. The maximum atomic E-state index is 13.4. The number of aromatic nitrogens is 2. The second kappa shape index (κ2) is 9.77. The van der Waals surface area contributed by atoms with E-state index in [9.17, 15) is 9.59 Å². The topological polar surface area (TPSA) is 73.2 Å². The van der Waals surface area contributed by atoms with E-state index in [1.54, 1.807) is 17.7 Å². The summed E-state index contributed by atoms with van der Waals surface area (Å²) in [4.78, 5) is 30.9.